The number of nitrogens with zero attached hydrogens (tertiary/aromatic N) is 4. The maximum atomic E-state index is 12.5. The van der Waals surface area contributed by atoms with Gasteiger partial charge in [-0.2, -0.15) is 5.10 Å². The van der Waals surface area contributed by atoms with Crippen LogP contribution in [0.15, 0.2) is 83.3 Å². The first-order valence-corrected chi connectivity index (χ1v) is 12.4. The lowest BCUT2D eigenvalue weighted by molar-refractivity contribution is 0.0729. The highest BCUT2D eigenvalue weighted by Crippen LogP contribution is 2.28. The molecular formula is C27H25N5O5S. The molecule has 4 rings (SSSR count). The lowest BCUT2D eigenvalue weighted by Crippen LogP contribution is -2.17. The summed E-state index contributed by atoms with van der Waals surface area (Å²) in [5.74, 6) is 1.08. The van der Waals surface area contributed by atoms with Crippen molar-refractivity contribution < 1.29 is 23.8 Å². The highest BCUT2D eigenvalue weighted by Gasteiger charge is 2.13. The normalized spacial score (nSPS) is 10.8. The fourth-order valence-electron chi connectivity index (χ4n) is 3.27. The number of methoxy groups -OCH3 is 2. The highest BCUT2D eigenvalue weighted by atomic mass is 32.2. The number of aromatic nitrogens is 3. The fraction of sp³-hybridized carbons (Fsp3) is 0.148. The van der Waals surface area contributed by atoms with E-state index in [0.717, 1.165) is 10.7 Å². The summed E-state index contributed by atoms with van der Waals surface area (Å²) < 4.78 is 17.8. The molecule has 0 aliphatic heterocycles. The largest absolute Gasteiger partial charge is 0.497 e. The molecule has 0 saturated heterocycles. The number of amides is 1. The summed E-state index contributed by atoms with van der Waals surface area (Å²) in [5, 5.41) is 12.8. The number of rotatable bonds is 10. The van der Waals surface area contributed by atoms with Crippen LogP contribution in [0.25, 0.3) is 0 Å². The van der Waals surface area contributed by atoms with Gasteiger partial charge in [-0.15, -0.1) is 10.2 Å². The third kappa shape index (κ3) is 6.77. The third-order valence-corrected chi connectivity index (χ3v) is 6.46. The van der Waals surface area contributed by atoms with E-state index < -0.39 is 5.97 Å². The first-order chi connectivity index (χ1) is 18.5. The van der Waals surface area contributed by atoms with E-state index in [1.807, 2.05) is 23.7 Å². The van der Waals surface area contributed by atoms with Gasteiger partial charge < -0.3 is 18.8 Å². The molecule has 1 amide bonds. The Morgan fingerprint density at radius 1 is 0.974 bits per heavy atom. The topological polar surface area (TPSA) is 117 Å². The van der Waals surface area contributed by atoms with Gasteiger partial charge >= 0.3 is 5.97 Å². The van der Waals surface area contributed by atoms with Crippen molar-refractivity contribution in [2.75, 3.05) is 14.2 Å². The summed E-state index contributed by atoms with van der Waals surface area (Å²) in [4.78, 5) is 24.9. The maximum Gasteiger partial charge on any atom is 0.343 e. The first-order valence-electron chi connectivity index (χ1n) is 11.4. The third-order valence-electron chi connectivity index (χ3n) is 5.35. The molecule has 0 fully saturated rings. The second kappa shape index (κ2) is 12.5. The van der Waals surface area contributed by atoms with Crippen LogP contribution in [0.2, 0.25) is 0 Å². The zero-order chi connectivity index (χ0) is 26.9. The standard InChI is InChI=1S/C27H25N5O5S/c1-32-17-29-31-27(32)38-16-18-4-7-20(8-5-18)25(33)30-28-15-19-6-13-23(24(14-19)36-3)37-26(34)21-9-11-22(35-2)12-10-21/h4-15,17H,16H2,1-3H3,(H,30,33)/b28-15-. The van der Waals surface area contributed by atoms with Crippen molar-refractivity contribution >= 4 is 29.9 Å². The Morgan fingerprint density at radius 2 is 1.71 bits per heavy atom. The van der Waals surface area contributed by atoms with E-state index in [1.165, 1.54) is 13.3 Å². The molecule has 0 bridgehead atoms. The quantitative estimate of drug-likeness (QED) is 0.107. The Bertz CT molecular complexity index is 1440. The van der Waals surface area contributed by atoms with Crippen LogP contribution < -0.4 is 19.6 Å². The molecule has 0 atom stereocenters. The number of nitrogens with one attached hydrogen (secondary N) is 1. The van der Waals surface area contributed by atoms with E-state index in [-0.39, 0.29) is 11.7 Å². The molecule has 1 N–H and O–H groups in total. The second-order valence-electron chi connectivity index (χ2n) is 7.94. The fourth-order valence-corrected chi connectivity index (χ4v) is 4.11. The number of aryl methyl sites for hydroxylation is 1. The number of hydrogen-bond donors (Lipinski definition) is 1. The molecule has 1 heterocycles. The minimum Gasteiger partial charge on any atom is -0.497 e. The van der Waals surface area contributed by atoms with Crippen LogP contribution in [0.5, 0.6) is 17.2 Å². The maximum absolute atomic E-state index is 12.5. The van der Waals surface area contributed by atoms with E-state index in [4.69, 9.17) is 14.2 Å². The molecule has 4 aromatic rings. The van der Waals surface area contributed by atoms with Crippen molar-refractivity contribution in [3.05, 3.63) is 95.3 Å². The Labute approximate surface area is 223 Å². The summed E-state index contributed by atoms with van der Waals surface area (Å²) >= 11 is 1.56. The molecular weight excluding hydrogens is 506 g/mol. The minimum absolute atomic E-state index is 0.256. The molecule has 0 aliphatic carbocycles. The molecule has 1 aromatic heterocycles. The Balaban J connectivity index is 1.32. The Hall–Kier alpha value is -4.64. The summed E-state index contributed by atoms with van der Waals surface area (Å²) in [7, 11) is 4.91. The monoisotopic (exact) mass is 531 g/mol. The van der Waals surface area contributed by atoms with Crippen molar-refractivity contribution in [2.24, 2.45) is 12.1 Å². The van der Waals surface area contributed by atoms with E-state index >= 15 is 0 Å². The molecule has 38 heavy (non-hydrogen) atoms. The average molecular weight is 532 g/mol. The van der Waals surface area contributed by atoms with Gasteiger partial charge in [0.15, 0.2) is 16.7 Å². The van der Waals surface area contributed by atoms with Gasteiger partial charge in [-0.3, -0.25) is 4.79 Å². The lowest BCUT2D eigenvalue weighted by atomic mass is 10.1. The minimum atomic E-state index is -0.530. The number of thioether (sulfide) groups is 1. The van der Waals surface area contributed by atoms with Crippen LogP contribution in [0, 0.1) is 0 Å². The average Bonchev–Trinajstić information content (AvgIpc) is 3.37. The van der Waals surface area contributed by atoms with E-state index in [9.17, 15) is 9.59 Å². The van der Waals surface area contributed by atoms with Gasteiger partial charge in [0, 0.05) is 18.4 Å². The number of ether oxygens (including phenoxy) is 3. The first kappa shape index (κ1) is 26.4. The number of esters is 1. The van der Waals surface area contributed by atoms with Gasteiger partial charge in [-0.25, -0.2) is 10.2 Å². The van der Waals surface area contributed by atoms with Gasteiger partial charge in [-0.1, -0.05) is 23.9 Å². The predicted molar refractivity (Wildman–Crippen MR) is 143 cm³/mol. The number of benzene rings is 3. The van der Waals surface area contributed by atoms with Gasteiger partial charge in [0.05, 0.1) is 26.0 Å². The molecule has 194 valence electrons. The Kier molecular flexibility index (Phi) is 8.73. The van der Waals surface area contributed by atoms with Crippen LogP contribution in [-0.4, -0.2) is 47.1 Å². The molecule has 3 aromatic carbocycles. The molecule has 0 spiro atoms. The summed E-state index contributed by atoms with van der Waals surface area (Å²) in [6.45, 7) is 0. The zero-order valence-electron chi connectivity index (χ0n) is 21.0. The van der Waals surface area contributed by atoms with Crippen LogP contribution >= 0.6 is 11.8 Å². The smallest absolute Gasteiger partial charge is 0.343 e. The predicted octanol–water partition coefficient (Wildman–Crippen LogP) is 4.11. The van der Waals surface area contributed by atoms with Gasteiger partial charge in [-0.05, 0) is 65.7 Å². The summed E-state index contributed by atoms with van der Waals surface area (Å²) in [6, 6.07) is 18.8. The van der Waals surface area contributed by atoms with E-state index in [2.05, 4.69) is 20.7 Å². The van der Waals surface area contributed by atoms with Crippen molar-refractivity contribution in [3.8, 4) is 17.2 Å². The van der Waals surface area contributed by atoms with Crippen molar-refractivity contribution in [3.63, 3.8) is 0 Å². The molecule has 11 heteroatoms. The van der Waals surface area contributed by atoms with Crippen LogP contribution in [0.3, 0.4) is 0 Å². The molecule has 0 aliphatic rings. The SMILES string of the molecule is COc1ccc(C(=O)Oc2ccc(/C=N\NC(=O)c3ccc(CSc4nncn4C)cc3)cc2OC)cc1. The highest BCUT2D eigenvalue weighted by molar-refractivity contribution is 7.98. The Morgan fingerprint density at radius 3 is 2.37 bits per heavy atom. The molecule has 0 radical (unpaired) electrons. The van der Waals surface area contributed by atoms with Crippen molar-refractivity contribution in [2.45, 2.75) is 10.9 Å². The van der Waals surface area contributed by atoms with Crippen LogP contribution in [0.4, 0.5) is 0 Å². The van der Waals surface area contributed by atoms with Gasteiger partial charge in [0.2, 0.25) is 0 Å². The van der Waals surface area contributed by atoms with Crippen molar-refractivity contribution in [1.29, 1.82) is 0 Å². The summed E-state index contributed by atoms with van der Waals surface area (Å²) in [5.41, 5.74) is 5.06. The number of hydrazone groups is 1. The molecule has 0 unspecified atom stereocenters. The van der Waals surface area contributed by atoms with Gasteiger partial charge in [0.25, 0.3) is 5.91 Å². The van der Waals surface area contributed by atoms with Crippen molar-refractivity contribution in [1.82, 2.24) is 20.2 Å². The number of hydrogen-bond acceptors (Lipinski definition) is 9. The zero-order valence-corrected chi connectivity index (χ0v) is 21.8. The molecule has 10 nitrogen and oxygen atoms in total. The summed E-state index contributed by atoms with van der Waals surface area (Å²) in [6.07, 6.45) is 3.13. The number of carbonyl (C=O) groups is 2. The van der Waals surface area contributed by atoms with Crippen LogP contribution in [0.1, 0.15) is 31.8 Å². The van der Waals surface area contributed by atoms with E-state index in [0.29, 0.717) is 33.9 Å². The van der Waals surface area contributed by atoms with E-state index in [1.54, 1.807) is 79.8 Å². The second-order valence-corrected chi connectivity index (χ2v) is 8.88. The van der Waals surface area contributed by atoms with Crippen LogP contribution in [-0.2, 0) is 12.8 Å². The van der Waals surface area contributed by atoms with Gasteiger partial charge in [0.1, 0.15) is 12.1 Å². The number of carbonyl (C=O) groups excluding carboxylic acids is 2. The molecule has 0 saturated carbocycles. The lowest BCUT2D eigenvalue weighted by Gasteiger charge is -2.10.